The number of phenols is 4. The van der Waals surface area contributed by atoms with E-state index in [1.54, 1.807) is 0 Å². The molecule has 0 aliphatic heterocycles. The van der Waals surface area contributed by atoms with Crippen LogP contribution in [-0.4, -0.2) is 66.7 Å². The summed E-state index contributed by atoms with van der Waals surface area (Å²) in [7, 11) is 0. The molecule has 0 aliphatic rings. The highest BCUT2D eigenvalue weighted by molar-refractivity contribution is 5.95. The summed E-state index contributed by atoms with van der Waals surface area (Å²) in [6, 6.07) is 5.26. The molecule has 158 valence electrons. The Bertz CT molecular complexity index is 931. The topological polar surface area (TPSA) is 208 Å². The summed E-state index contributed by atoms with van der Waals surface area (Å²) < 4.78 is 9.23. The third kappa shape index (κ3) is 4.86. The van der Waals surface area contributed by atoms with Gasteiger partial charge in [-0.2, -0.15) is 0 Å². The van der Waals surface area contributed by atoms with Crippen molar-refractivity contribution in [3.8, 4) is 23.0 Å². The number of carboxylic acids is 2. The summed E-state index contributed by atoms with van der Waals surface area (Å²) in [6.45, 7) is 0. The third-order valence-electron chi connectivity index (χ3n) is 3.65. The molecule has 2 aromatic carbocycles. The van der Waals surface area contributed by atoms with Crippen LogP contribution in [0.1, 0.15) is 20.7 Å². The Hall–Kier alpha value is -4.48. The van der Waals surface area contributed by atoms with Crippen LogP contribution in [-0.2, 0) is 19.1 Å². The molecule has 0 fully saturated rings. The Morgan fingerprint density at radius 3 is 1.20 bits per heavy atom. The fourth-order valence-electron chi connectivity index (χ4n) is 2.15. The van der Waals surface area contributed by atoms with Gasteiger partial charge in [-0.15, -0.1) is 0 Å². The smallest absolute Gasteiger partial charge is 0.349 e. The van der Waals surface area contributed by atoms with Crippen molar-refractivity contribution in [1.29, 1.82) is 0 Å². The average molecular weight is 422 g/mol. The maximum Gasteiger partial charge on any atom is 0.349 e. The lowest BCUT2D eigenvalue weighted by Crippen LogP contribution is -2.45. The lowest BCUT2D eigenvalue weighted by Gasteiger charge is -2.21. The van der Waals surface area contributed by atoms with Crippen LogP contribution >= 0.6 is 0 Å². The van der Waals surface area contributed by atoms with Gasteiger partial charge in [0, 0.05) is 0 Å². The predicted molar refractivity (Wildman–Crippen MR) is 93.2 cm³/mol. The number of carbonyl (C=O) groups is 4. The van der Waals surface area contributed by atoms with Gasteiger partial charge in [0.05, 0.1) is 11.1 Å². The van der Waals surface area contributed by atoms with Gasteiger partial charge < -0.3 is 40.1 Å². The molecule has 0 saturated carbocycles. The number of carboxylic acid groups (broad SMARTS) is 2. The van der Waals surface area contributed by atoms with Crippen LogP contribution in [0.5, 0.6) is 23.0 Å². The molecule has 0 aromatic heterocycles. The average Bonchev–Trinajstić information content (AvgIpc) is 2.67. The van der Waals surface area contributed by atoms with Crippen molar-refractivity contribution < 1.29 is 59.3 Å². The standard InChI is InChI=1S/C18H14O12/c19-9-3-1-7(5-11(9)21)17(27)29-13(15(23)24)14(16(25)26)30-18(28)8-2-4-10(20)12(22)6-8/h1-6,13-14,19-22H,(H,23,24)(H,25,26)/t13-,14-/m1/s1. The molecule has 2 atom stereocenters. The lowest BCUT2D eigenvalue weighted by molar-refractivity contribution is -0.166. The first-order valence-electron chi connectivity index (χ1n) is 7.92. The van der Waals surface area contributed by atoms with Crippen LogP contribution in [0, 0.1) is 0 Å². The quantitative estimate of drug-likeness (QED) is 0.265. The van der Waals surface area contributed by atoms with Crippen LogP contribution < -0.4 is 0 Å². The zero-order valence-corrected chi connectivity index (χ0v) is 14.8. The van der Waals surface area contributed by atoms with E-state index in [4.69, 9.17) is 0 Å². The largest absolute Gasteiger partial charge is 0.504 e. The number of carbonyl (C=O) groups excluding carboxylic acids is 2. The Balaban J connectivity index is 2.26. The van der Waals surface area contributed by atoms with E-state index in [1.807, 2.05) is 0 Å². The van der Waals surface area contributed by atoms with Crippen molar-refractivity contribution in [1.82, 2.24) is 0 Å². The van der Waals surface area contributed by atoms with Gasteiger partial charge in [-0.05, 0) is 36.4 Å². The second-order valence-corrected chi connectivity index (χ2v) is 5.74. The minimum atomic E-state index is -2.49. The number of rotatable bonds is 7. The molecule has 2 rings (SSSR count). The van der Waals surface area contributed by atoms with Crippen molar-refractivity contribution in [2.24, 2.45) is 0 Å². The van der Waals surface area contributed by atoms with Crippen molar-refractivity contribution in [2.75, 3.05) is 0 Å². The number of benzene rings is 2. The van der Waals surface area contributed by atoms with Crippen LogP contribution in [0.15, 0.2) is 36.4 Å². The number of hydrogen-bond donors (Lipinski definition) is 6. The van der Waals surface area contributed by atoms with Gasteiger partial charge in [0.15, 0.2) is 23.0 Å². The second-order valence-electron chi connectivity index (χ2n) is 5.74. The summed E-state index contributed by atoms with van der Waals surface area (Å²) in [5.41, 5.74) is -0.842. The highest BCUT2D eigenvalue weighted by Gasteiger charge is 2.41. The number of aromatic hydroxyl groups is 4. The second kappa shape index (κ2) is 8.68. The minimum absolute atomic E-state index is 0.421. The highest BCUT2D eigenvalue weighted by Crippen LogP contribution is 2.27. The molecule has 0 unspecified atom stereocenters. The van der Waals surface area contributed by atoms with E-state index in [0.717, 1.165) is 36.4 Å². The van der Waals surface area contributed by atoms with Gasteiger partial charge in [-0.3, -0.25) is 0 Å². The number of phenolic OH excluding ortho intramolecular Hbond substituents is 4. The van der Waals surface area contributed by atoms with E-state index < -0.39 is 70.2 Å². The summed E-state index contributed by atoms with van der Waals surface area (Å²) >= 11 is 0. The first-order valence-corrected chi connectivity index (χ1v) is 7.92. The SMILES string of the molecule is O=C(O[C@@H](C(=O)O)[C@@H](OC(=O)c1ccc(O)c(O)c1)C(=O)O)c1ccc(O)c(O)c1. The summed E-state index contributed by atoms with van der Waals surface area (Å²) in [5.74, 6) is -9.27. The molecular weight excluding hydrogens is 408 g/mol. The van der Waals surface area contributed by atoms with Gasteiger partial charge in [-0.1, -0.05) is 0 Å². The molecule has 0 radical (unpaired) electrons. The number of esters is 2. The summed E-state index contributed by atoms with van der Waals surface area (Å²) in [6.07, 6.45) is -4.97. The number of ether oxygens (including phenoxy) is 2. The van der Waals surface area contributed by atoms with Gasteiger partial charge in [0.2, 0.25) is 12.2 Å². The Kier molecular flexibility index (Phi) is 6.32. The first kappa shape index (κ1) is 21.8. The van der Waals surface area contributed by atoms with Gasteiger partial charge in [0.1, 0.15) is 0 Å². The minimum Gasteiger partial charge on any atom is -0.504 e. The van der Waals surface area contributed by atoms with Gasteiger partial charge in [0.25, 0.3) is 0 Å². The maximum atomic E-state index is 12.1. The van der Waals surface area contributed by atoms with Crippen LogP contribution in [0.25, 0.3) is 0 Å². The first-order chi connectivity index (χ1) is 14.0. The van der Waals surface area contributed by atoms with Crippen molar-refractivity contribution in [3.05, 3.63) is 47.5 Å². The molecule has 6 N–H and O–H groups in total. The highest BCUT2D eigenvalue weighted by atomic mass is 16.6. The van der Waals surface area contributed by atoms with Crippen LogP contribution in [0.2, 0.25) is 0 Å². The summed E-state index contributed by atoms with van der Waals surface area (Å²) in [4.78, 5) is 47.1. The Labute approximate surface area is 166 Å². The van der Waals surface area contributed by atoms with E-state index in [0.29, 0.717) is 0 Å². The molecule has 0 heterocycles. The Morgan fingerprint density at radius 1 is 0.600 bits per heavy atom. The normalized spacial score (nSPS) is 12.4. The van der Waals surface area contributed by atoms with Crippen LogP contribution in [0.4, 0.5) is 0 Å². The predicted octanol–water partition coefficient (Wildman–Crippen LogP) is 0.429. The molecule has 12 heteroatoms. The van der Waals surface area contributed by atoms with Gasteiger partial charge >= 0.3 is 23.9 Å². The lowest BCUT2D eigenvalue weighted by atomic mass is 10.1. The number of hydrogen-bond acceptors (Lipinski definition) is 10. The molecular formula is C18H14O12. The van der Waals surface area contributed by atoms with E-state index in [9.17, 15) is 49.8 Å². The molecule has 12 nitrogen and oxygen atoms in total. The fourth-order valence-corrected chi connectivity index (χ4v) is 2.15. The molecule has 0 aliphatic carbocycles. The van der Waals surface area contributed by atoms with E-state index in [1.165, 1.54) is 0 Å². The van der Waals surface area contributed by atoms with Crippen molar-refractivity contribution in [3.63, 3.8) is 0 Å². The molecule has 30 heavy (non-hydrogen) atoms. The molecule has 0 saturated heterocycles. The zero-order valence-electron chi connectivity index (χ0n) is 14.8. The molecule has 0 spiro atoms. The maximum absolute atomic E-state index is 12.1. The van der Waals surface area contributed by atoms with Crippen LogP contribution in [0.3, 0.4) is 0 Å². The third-order valence-corrected chi connectivity index (χ3v) is 3.65. The van der Waals surface area contributed by atoms with Crippen molar-refractivity contribution in [2.45, 2.75) is 12.2 Å². The Morgan fingerprint density at radius 2 is 0.933 bits per heavy atom. The monoisotopic (exact) mass is 422 g/mol. The number of aliphatic carboxylic acids is 2. The zero-order chi connectivity index (χ0) is 22.6. The van der Waals surface area contributed by atoms with Gasteiger partial charge in [-0.25, -0.2) is 19.2 Å². The van der Waals surface area contributed by atoms with Crippen molar-refractivity contribution >= 4 is 23.9 Å². The molecule has 2 aromatic rings. The molecule has 0 bridgehead atoms. The fraction of sp³-hybridized carbons (Fsp3) is 0.111. The van der Waals surface area contributed by atoms with E-state index >= 15 is 0 Å². The van der Waals surface area contributed by atoms with E-state index in [-0.39, 0.29) is 0 Å². The molecule has 0 amide bonds. The van der Waals surface area contributed by atoms with E-state index in [2.05, 4.69) is 9.47 Å². The summed E-state index contributed by atoms with van der Waals surface area (Å²) in [5, 5.41) is 55.8.